The summed E-state index contributed by atoms with van der Waals surface area (Å²) in [5, 5.41) is 8.92. The fraction of sp³-hybridized carbons (Fsp3) is 0.639. The zero-order valence-corrected chi connectivity index (χ0v) is 48.0. The number of aromatic nitrogens is 4. The Morgan fingerprint density at radius 3 is 2.22 bits per heavy atom. The quantitative estimate of drug-likeness (QED) is 0.0797. The van der Waals surface area contributed by atoms with Gasteiger partial charge >= 0.3 is 6.09 Å². The number of nitrogens with one attached hydrogen (secondary N) is 3. The van der Waals surface area contributed by atoms with Gasteiger partial charge in [-0.15, -0.1) is 0 Å². The van der Waals surface area contributed by atoms with Crippen molar-refractivity contribution in [2.75, 3.05) is 13.1 Å². The number of rotatable bonds is 16. The summed E-state index contributed by atoms with van der Waals surface area (Å²) < 4.78 is 14.5. The van der Waals surface area contributed by atoms with Crippen LogP contribution in [0, 0.1) is 46.3 Å². The molecule has 4 saturated carbocycles. The van der Waals surface area contributed by atoms with Crippen LogP contribution in [0.15, 0.2) is 85.7 Å². The Labute approximate surface area is 453 Å². The van der Waals surface area contributed by atoms with E-state index in [9.17, 15) is 19.2 Å². The smallest absolute Gasteiger partial charge is 0.419 e. The molecule has 2 aromatic heterocycles. The van der Waals surface area contributed by atoms with Gasteiger partial charge < -0.3 is 35.4 Å². The average Bonchev–Trinajstić information content (AvgIpc) is 4.28. The van der Waals surface area contributed by atoms with E-state index in [1.54, 1.807) is 33.3 Å². The number of fused-ring (bicyclic) bond motifs is 5. The molecule has 5 N–H and O–H groups in total. The van der Waals surface area contributed by atoms with Gasteiger partial charge in [-0.1, -0.05) is 102 Å². The van der Waals surface area contributed by atoms with Crippen molar-refractivity contribution < 1.29 is 28.3 Å². The Hall–Kier alpha value is -5.12. The Morgan fingerprint density at radius 2 is 1.57 bits per heavy atom. The maximum absolute atomic E-state index is 14.1. The van der Waals surface area contributed by atoms with Gasteiger partial charge in [0, 0.05) is 62.6 Å². The molecule has 3 heterocycles. The molecule has 3 amide bonds. The Bertz CT molecular complexity index is 2590. The first-order valence-electron chi connectivity index (χ1n) is 28.7. The Balaban J connectivity index is 0.801. The molecule has 5 unspecified atom stereocenters. The first-order chi connectivity index (χ1) is 36.1. The molecule has 1 aliphatic heterocycles. The van der Waals surface area contributed by atoms with Crippen molar-refractivity contribution in [3.8, 4) is 0 Å². The molecule has 5 fully saturated rings. The molecule has 4 aliphatic carbocycles. The van der Waals surface area contributed by atoms with Crippen LogP contribution in [0.25, 0.3) is 0 Å². The normalized spacial score (nSPS) is 29.4. The van der Waals surface area contributed by atoms with Gasteiger partial charge in [0.15, 0.2) is 0 Å². The highest BCUT2D eigenvalue weighted by molar-refractivity contribution is 6.99. The largest absolute Gasteiger partial charge is 0.443 e. The minimum atomic E-state index is -2.64. The van der Waals surface area contributed by atoms with Crippen LogP contribution in [-0.4, -0.2) is 99.5 Å². The molecule has 4 aromatic rings. The number of carbonyl (C=O) groups excluding carboxylic acids is 4. The highest BCUT2D eigenvalue weighted by Crippen LogP contribution is 2.68. The van der Waals surface area contributed by atoms with E-state index in [0.717, 1.165) is 36.8 Å². The van der Waals surface area contributed by atoms with E-state index in [2.05, 4.69) is 128 Å². The van der Waals surface area contributed by atoms with Crippen LogP contribution in [0.5, 0.6) is 0 Å². The van der Waals surface area contributed by atoms with E-state index in [0.29, 0.717) is 54.2 Å². The van der Waals surface area contributed by atoms with Gasteiger partial charge in [0.25, 0.3) is 8.32 Å². The first-order valence-corrected chi connectivity index (χ1v) is 30.7. The number of nitrogens with two attached hydrogens (primary N) is 1. The molecule has 9 rings (SSSR count). The molecular formula is C61H88N8O6Si. The molecule has 15 heteroatoms. The third-order valence-corrected chi connectivity index (χ3v) is 24.5. The number of hydrogen-bond donors (Lipinski definition) is 4. The fourth-order valence-electron chi connectivity index (χ4n) is 15.8. The van der Waals surface area contributed by atoms with Crippen LogP contribution in [0.4, 0.5) is 4.79 Å². The SMILES string of the molecule is C[C@H](CCC(=O)N[C@H]1C[C@@H](C(=O)NCCc2cnc[nH]2)N(C(=O)C(N)Cc2cn(C(=O)OC(C)(C)C)cn2)C1)[C@H]1CCC2C3CCC4C[C@H](O[Si](c5ccccc5)(c5ccccc5)C(C)(C)C)CC[C@]4(C)C3CC[C@@]21C. The minimum absolute atomic E-state index is 0.0374. The average molecular weight is 1060 g/mol. The molecule has 5 aliphatic rings. The number of aromatic amines is 1. The van der Waals surface area contributed by atoms with Crippen LogP contribution in [0.2, 0.25) is 5.04 Å². The number of nitrogens with zero attached hydrogens (tertiary/aromatic N) is 4. The minimum Gasteiger partial charge on any atom is -0.443 e. The maximum Gasteiger partial charge on any atom is 0.419 e. The van der Waals surface area contributed by atoms with E-state index >= 15 is 0 Å². The number of amides is 3. The van der Waals surface area contributed by atoms with Gasteiger partial charge in [0.1, 0.15) is 18.0 Å². The number of hydrogen-bond acceptors (Lipinski definition) is 9. The van der Waals surface area contributed by atoms with Gasteiger partial charge in [-0.2, -0.15) is 0 Å². The third kappa shape index (κ3) is 11.4. The second kappa shape index (κ2) is 22.3. The zero-order valence-electron chi connectivity index (χ0n) is 47.0. The van der Waals surface area contributed by atoms with Crippen LogP contribution in [0.3, 0.4) is 0 Å². The molecule has 0 radical (unpaired) electrons. The van der Waals surface area contributed by atoms with Gasteiger partial charge in [-0.3, -0.25) is 14.4 Å². The van der Waals surface area contributed by atoms with E-state index in [1.165, 1.54) is 77.3 Å². The molecular weight excluding hydrogens is 969 g/mol. The summed E-state index contributed by atoms with van der Waals surface area (Å²) in [4.78, 5) is 67.4. The van der Waals surface area contributed by atoms with E-state index in [-0.39, 0.29) is 47.8 Å². The van der Waals surface area contributed by atoms with E-state index in [4.69, 9.17) is 14.9 Å². The lowest BCUT2D eigenvalue weighted by molar-refractivity contribution is -0.139. The summed E-state index contributed by atoms with van der Waals surface area (Å²) in [7, 11) is -2.64. The monoisotopic (exact) mass is 1060 g/mol. The maximum atomic E-state index is 14.1. The predicted octanol–water partition coefficient (Wildman–Crippen LogP) is 8.72. The standard InChI is InChI=1S/C61H88N8O6Si/c1-40(20-25-54(70)67-44-34-53(55(71)64-31-28-42-35-63-38-65-42)69(37-44)56(72)52(62)33-43-36-68(39-66-43)57(73)74-58(2,3)4)49-23-24-50-48-22-21-41-32-45(26-29-60(41,8)51(48)27-30-61(49,50)9)75-76(59(5,6)7,46-16-12-10-13-17-46)47-18-14-11-15-19-47/h10-19,35-36,38-41,44-45,48-53H,20-34,37,62H2,1-9H3,(H,63,65)(H,64,71)(H,67,70)/t40-,41?,44+,45-,48?,49-,50?,51?,52?,53+,60+,61-/m1/s1. The van der Waals surface area contributed by atoms with Crippen LogP contribution < -0.4 is 26.7 Å². The number of benzene rings is 2. The van der Waals surface area contributed by atoms with Crippen molar-refractivity contribution in [3.63, 3.8) is 0 Å². The Kier molecular flexibility index (Phi) is 16.3. The number of carbonyl (C=O) groups is 4. The summed E-state index contributed by atoms with van der Waals surface area (Å²) in [5.41, 5.74) is 7.77. The highest BCUT2D eigenvalue weighted by atomic mass is 28.4. The van der Waals surface area contributed by atoms with Crippen molar-refractivity contribution in [3.05, 3.63) is 97.1 Å². The number of imidazole rings is 2. The van der Waals surface area contributed by atoms with Gasteiger partial charge in [0.05, 0.1) is 18.1 Å². The summed E-state index contributed by atoms with van der Waals surface area (Å²) >= 11 is 0. The molecule has 412 valence electrons. The highest BCUT2D eigenvalue weighted by Gasteiger charge is 2.61. The second-order valence-corrected chi connectivity index (χ2v) is 30.5. The summed E-state index contributed by atoms with van der Waals surface area (Å²) in [6, 6.07) is 20.0. The molecule has 76 heavy (non-hydrogen) atoms. The fourth-order valence-corrected chi connectivity index (χ4v) is 20.5. The zero-order chi connectivity index (χ0) is 54.2. The molecule has 0 spiro atoms. The summed E-state index contributed by atoms with van der Waals surface area (Å²) in [6.45, 7) is 20.7. The lowest BCUT2D eigenvalue weighted by Gasteiger charge is -2.62. The Morgan fingerprint density at radius 1 is 0.882 bits per heavy atom. The van der Waals surface area contributed by atoms with Crippen molar-refractivity contribution in [1.29, 1.82) is 0 Å². The van der Waals surface area contributed by atoms with E-state index < -0.39 is 44.0 Å². The van der Waals surface area contributed by atoms with Crippen LogP contribution >= 0.6 is 0 Å². The lowest BCUT2D eigenvalue weighted by Crippen LogP contribution is -2.68. The van der Waals surface area contributed by atoms with Gasteiger partial charge in [-0.25, -0.2) is 19.3 Å². The summed E-state index contributed by atoms with van der Waals surface area (Å²) in [5.74, 6) is 3.08. The molecule has 14 nitrogen and oxygen atoms in total. The van der Waals surface area contributed by atoms with Gasteiger partial charge in [0.2, 0.25) is 17.7 Å². The first kappa shape index (κ1) is 55.6. The number of H-pyrrole nitrogens is 1. The van der Waals surface area contributed by atoms with Crippen molar-refractivity contribution in [2.24, 2.45) is 52.1 Å². The van der Waals surface area contributed by atoms with Crippen molar-refractivity contribution in [2.45, 2.75) is 187 Å². The lowest BCUT2D eigenvalue weighted by atomic mass is 9.44. The summed E-state index contributed by atoms with van der Waals surface area (Å²) in [6.07, 6.45) is 19.1. The molecule has 12 atom stereocenters. The third-order valence-electron chi connectivity index (χ3n) is 19.5. The van der Waals surface area contributed by atoms with Crippen LogP contribution in [0.1, 0.15) is 151 Å². The van der Waals surface area contributed by atoms with E-state index in [1.807, 2.05) is 0 Å². The number of ether oxygens (including phenoxy) is 1. The predicted molar refractivity (Wildman–Crippen MR) is 299 cm³/mol. The number of likely N-dealkylation sites (tertiary alicyclic amines) is 1. The van der Waals surface area contributed by atoms with Crippen molar-refractivity contribution in [1.82, 2.24) is 35.1 Å². The molecule has 0 bridgehead atoms. The molecule has 1 saturated heterocycles. The topological polar surface area (TPSA) is 187 Å². The second-order valence-electron chi connectivity index (χ2n) is 26.3. The van der Waals surface area contributed by atoms with Crippen LogP contribution in [-0.2, 0) is 36.4 Å². The van der Waals surface area contributed by atoms with Crippen molar-refractivity contribution >= 4 is 42.5 Å². The van der Waals surface area contributed by atoms with Gasteiger partial charge in [-0.05, 0) is 153 Å². The molecule has 2 aromatic carbocycles.